The fourth-order valence-electron chi connectivity index (χ4n) is 4.35. The molecule has 184 valence electrons. The van der Waals surface area contributed by atoms with E-state index < -0.39 is 36.6 Å². The zero-order valence-corrected chi connectivity index (χ0v) is 27.4. The van der Waals surface area contributed by atoms with Crippen LogP contribution in [0.5, 0.6) is 0 Å². The first-order chi connectivity index (χ1) is 14.0. The Morgan fingerprint density at radius 3 is 1.65 bits per heavy atom. The second kappa shape index (κ2) is 13.0. The van der Waals surface area contributed by atoms with Crippen molar-refractivity contribution >= 4 is 41.1 Å². The van der Waals surface area contributed by atoms with Crippen LogP contribution in [0.4, 0.5) is 0 Å². The van der Waals surface area contributed by atoms with Crippen LogP contribution in [-0.2, 0) is 18.1 Å². The second-order valence-electron chi connectivity index (χ2n) is 10.9. The van der Waals surface area contributed by atoms with Gasteiger partial charge in [-0.25, -0.2) is 0 Å². The fraction of sp³-hybridized carbons (Fsp3) is 0.864. The van der Waals surface area contributed by atoms with E-state index in [4.69, 9.17) is 13.3 Å². The van der Waals surface area contributed by atoms with Crippen molar-refractivity contribution in [3.63, 3.8) is 0 Å². The Balaban J connectivity index is 5.96. The van der Waals surface area contributed by atoms with Crippen molar-refractivity contribution in [1.29, 1.82) is 0 Å². The molecule has 0 radical (unpaired) electrons. The van der Waals surface area contributed by atoms with E-state index in [1.165, 1.54) is 0 Å². The van der Waals surface area contributed by atoms with E-state index in [9.17, 15) is 4.79 Å². The SMILES string of the molecule is C=C(C)C(=O)NC(CC([SiH3])(O[Si](C)(C)CCC)O[Si](C)(C)CCC)O[Si](C)(C)CCC. The smallest absolute Gasteiger partial charge is 0.248 e. The lowest BCUT2D eigenvalue weighted by Gasteiger charge is -2.45. The molecule has 0 saturated carbocycles. The maximum absolute atomic E-state index is 12.5. The third kappa shape index (κ3) is 13.3. The fourth-order valence-corrected chi connectivity index (χ4v) is 15.6. The summed E-state index contributed by atoms with van der Waals surface area (Å²) in [5.41, 5.74) is -0.162. The molecular formula is C22H51NO4Si4. The number of nitrogens with one attached hydrogen (secondary N) is 1. The quantitative estimate of drug-likeness (QED) is 0.175. The van der Waals surface area contributed by atoms with Crippen LogP contribution < -0.4 is 5.32 Å². The van der Waals surface area contributed by atoms with Crippen LogP contribution >= 0.6 is 0 Å². The number of hydrogen-bond donors (Lipinski definition) is 1. The van der Waals surface area contributed by atoms with Gasteiger partial charge in [0, 0.05) is 12.0 Å². The number of hydrogen-bond acceptors (Lipinski definition) is 4. The van der Waals surface area contributed by atoms with Gasteiger partial charge in [-0.3, -0.25) is 4.79 Å². The molecule has 0 spiro atoms. The van der Waals surface area contributed by atoms with E-state index in [1.807, 2.05) is 0 Å². The van der Waals surface area contributed by atoms with Gasteiger partial charge in [0.15, 0.2) is 25.0 Å². The minimum atomic E-state index is -1.93. The lowest BCUT2D eigenvalue weighted by atomic mass is 10.3. The highest BCUT2D eigenvalue weighted by Crippen LogP contribution is 2.31. The predicted octanol–water partition coefficient (Wildman–Crippen LogP) is 5.31. The molecule has 0 rings (SSSR count). The van der Waals surface area contributed by atoms with Gasteiger partial charge in [-0.2, -0.15) is 0 Å². The Hall–Kier alpha value is -0.0425. The molecule has 0 aromatic rings. The summed E-state index contributed by atoms with van der Waals surface area (Å²) < 4.78 is 20.3. The molecule has 0 aromatic heterocycles. The molecule has 0 aliphatic heterocycles. The van der Waals surface area contributed by atoms with Crippen molar-refractivity contribution in [2.24, 2.45) is 0 Å². The first kappa shape index (κ1) is 31.0. The Morgan fingerprint density at radius 2 is 1.29 bits per heavy atom. The maximum Gasteiger partial charge on any atom is 0.248 e. The van der Waals surface area contributed by atoms with Crippen LogP contribution in [0.2, 0.25) is 57.4 Å². The molecular weight excluding hydrogens is 455 g/mol. The van der Waals surface area contributed by atoms with Crippen LogP contribution in [0.1, 0.15) is 53.4 Å². The van der Waals surface area contributed by atoms with E-state index in [0.29, 0.717) is 12.0 Å². The molecule has 1 amide bonds. The normalized spacial score (nSPS) is 14.5. The summed E-state index contributed by atoms with van der Waals surface area (Å²) in [5, 5.41) is 3.09. The molecule has 0 bridgehead atoms. The van der Waals surface area contributed by atoms with Gasteiger partial charge in [0.25, 0.3) is 0 Å². The molecule has 9 heteroatoms. The average Bonchev–Trinajstić information content (AvgIpc) is 2.51. The van der Waals surface area contributed by atoms with Gasteiger partial charge in [0.1, 0.15) is 11.6 Å². The monoisotopic (exact) mass is 505 g/mol. The zero-order chi connectivity index (χ0) is 24.5. The molecule has 5 nitrogen and oxygen atoms in total. The lowest BCUT2D eigenvalue weighted by molar-refractivity contribution is -0.123. The van der Waals surface area contributed by atoms with Crippen molar-refractivity contribution in [2.45, 2.75) is 122 Å². The van der Waals surface area contributed by atoms with Crippen LogP contribution in [0.3, 0.4) is 0 Å². The third-order valence-corrected chi connectivity index (χ3v) is 14.9. The van der Waals surface area contributed by atoms with E-state index >= 15 is 0 Å². The van der Waals surface area contributed by atoms with Crippen LogP contribution in [0, 0.1) is 0 Å². The highest BCUT2D eigenvalue weighted by molar-refractivity contribution is 6.73. The average molecular weight is 506 g/mol. The maximum atomic E-state index is 12.5. The molecule has 0 aromatic carbocycles. The van der Waals surface area contributed by atoms with E-state index in [0.717, 1.165) is 47.6 Å². The molecule has 0 aliphatic carbocycles. The van der Waals surface area contributed by atoms with E-state index in [1.54, 1.807) is 6.92 Å². The third-order valence-electron chi connectivity index (χ3n) is 5.24. The summed E-state index contributed by atoms with van der Waals surface area (Å²) in [6.45, 7) is 25.7. The van der Waals surface area contributed by atoms with Crippen molar-refractivity contribution < 1.29 is 18.1 Å². The molecule has 0 heterocycles. The van der Waals surface area contributed by atoms with Crippen LogP contribution in [0.15, 0.2) is 12.2 Å². The van der Waals surface area contributed by atoms with Crippen molar-refractivity contribution in [3.8, 4) is 0 Å². The minimum absolute atomic E-state index is 0.162. The van der Waals surface area contributed by atoms with Gasteiger partial charge in [0.05, 0.1) is 10.2 Å². The highest BCUT2D eigenvalue weighted by atomic mass is 28.4. The first-order valence-electron chi connectivity index (χ1n) is 12.0. The number of rotatable bonds is 16. The van der Waals surface area contributed by atoms with Crippen molar-refractivity contribution in [2.75, 3.05) is 0 Å². The van der Waals surface area contributed by atoms with E-state index in [-0.39, 0.29) is 5.91 Å². The molecule has 1 N–H and O–H groups in total. The second-order valence-corrected chi connectivity index (χ2v) is 25.2. The van der Waals surface area contributed by atoms with Gasteiger partial charge in [-0.1, -0.05) is 46.6 Å². The number of carbonyl (C=O) groups is 1. The summed E-state index contributed by atoms with van der Waals surface area (Å²) >= 11 is 0. The molecule has 0 aliphatic rings. The standard InChI is InChI=1S/C22H51NO4Si4/c1-12-15-29(6,7)25-20(23-21(24)19(4)5)18-22(28,26-30(8,9)16-13-2)27-31(10,11)17-14-3/h20H,4,12-18H2,1-3,5-11,28H3,(H,23,24). The highest BCUT2D eigenvalue weighted by Gasteiger charge is 2.42. The Bertz CT molecular complexity index is 562. The summed E-state index contributed by atoms with van der Waals surface area (Å²) in [6, 6.07) is 3.24. The predicted molar refractivity (Wildman–Crippen MR) is 145 cm³/mol. The zero-order valence-electron chi connectivity index (χ0n) is 22.4. The van der Waals surface area contributed by atoms with Crippen LogP contribution in [0.25, 0.3) is 0 Å². The summed E-state index contributed by atoms with van der Waals surface area (Å²) in [5.74, 6) is -0.162. The van der Waals surface area contributed by atoms with Gasteiger partial charge in [0.2, 0.25) is 5.91 Å². The first-order valence-corrected chi connectivity index (χ1v) is 22.4. The lowest BCUT2D eigenvalue weighted by Crippen LogP contribution is -2.57. The molecule has 31 heavy (non-hydrogen) atoms. The molecule has 1 unspecified atom stereocenters. The molecule has 0 saturated heterocycles. The Labute approximate surface area is 198 Å². The molecule has 1 atom stereocenters. The van der Waals surface area contributed by atoms with Crippen molar-refractivity contribution in [1.82, 2.24) is 5.32 Å². The minimum Gasteiger partial charge on any atom is -0.397 e. The van der Waals surface area contributed by atoms with E-state index in [2.05, 4.69) is 71.9 Å². The summed E-state index contributed by atoms with van der Waals surface area (Å²) in [4.78, 5) is 12.5. The Kier molecular flexibility index (Phi) is 13.0. The van der Waals surface area contributed by atoms with Gasteiger partial charge < -0.3 is 18.6 Å². The number of amides is 1. The summed E-state index contributed by atoms with van der Waals surface area (Å²) in [6.07, 6.45) is 3.41. The number of carbonyl (C=O) groups excluding carboxylic acids is 1. The van der Waals surface area contributed by atoms with Gasteiger partial charge in [-0.05, 0) is 64.3 Å². The van der Waals surface area contributed by atoms with Gasteiger partial charge >= 0.3 is 0 Å². The topological polar surface area (TPSA) is 56.8 Å². The van der Waals surface area contributed by atoms with Crippen LogP contribution in [-0.4, -0.2) is 52.7 Å². The largest absolute Gasteiger partial charge is 0.397 e. The Morgan fingerprint density at radius 1 is 0.903 bits per heavy atom. The summed E-state index contributed by atoms with van der Waals surface area (Å²) in [7, 11) is -5.03. The van der Waals surface area contributed by atoms with Crippen molar-refractivity contribution in [3.05, 3.63) is 12.2 Å². The van der Waals surface area contributed by atoms with Gasteiger partial charge in [-0.15, -0.1) is 0 Å². The molecule has 0 fully saturated rings.